The number of hydrogen-bond donors (Lipinski definition) is 3. The van der Waals surface area contributed by atoms with Crippen LogP contribution in [0.2, 0.25) is 0 Å². The van der Waals surface area contributed by atoms with Crippen LogP contribution >= 0.6 is 12.2 Å². The summed E-state index contributed by atoms with van der Waals surface area (Å²) in [6, 6.07) is 16.3. The smallest absolute Gasteiger partial charge is 0.170 e. The van der Waals surface area contributed by atoms with E-state index in [2.05, 4.69) is 53.0 Å². The SMILES string of the molecule is Cc1ccc(NC(=S)NCCCNc2nc3c(C)cccc3cc2C#N)cc1C. The fourth-order valence-corrected chi connectivity index (χ4v) is 3.28. The van der Waals surface area contributed by atoms with Gasteiger partial charge in [0, 0.05) is 24.2 Å². The van der Waals surface area contributed by atoms with Crippen molar-refractivity contribution in [1.29, 1.82) is 5.26 Å². The number of nitriles is 1. The maximum Gasteiger partial charge on any atom is 0.170 e. The number of fused-ring (bicyclic) bond motifs is 1. The third-order valence-electron chi connectivity index (χ3n) is 4.86. The zero-order chi connectivity index (χ0) is 20.8. The Morgan fingerprint density at radius 2 is 1.86 bits per heavy atom. The lowest BCUT2D eigenvalue weighted by Gasteiger charge is -2.13. The highest BCUT2D eigenvalue weighted by atomic mass is 32.1. The van der Waals surface area contributed by atoms with E-state index in [1.165, 1.54) is 11.1 Å². The quantitative estimate of drug-likeness (QED) is 0.405. The summed E-state index contributed by atoms with van der Waals surface area (Å²) in [5.41, 5.74) is 6.05. The van der Waals surface area contributed by atoms with Crippen LogP contribution < -0.4 is 16.0 Å². The van der Waals surface area contributed by atoms with Crippen molar-refractivity contribution in [2.45, 2.75) is 27.2 Å². The van der Waals surface area contributed by atoms with Crippen LogP contribution in [0.1, 0.15) is 28.7 Å². The molecule has 3 N–H and O–H groups in total. The van der Waals surface area contributed by atoms with Gasteiger partial charge in [-0.3, -0.25) is 0 Å². The highest BCUT2D eigenvalue weighted by molar-refractivity contribution is 7.80. The summed E-state index contributed by atoms with van der Waals surface area (Å²) in [5, 5.41) is 20.7. The number of pyridine rings is 1. The van der Waals surface area contributed by atoms with Gasteiger partial charge in [-0.1, -0.05) is 24.3 Å². The van der Waals surface area contributed by atoms with Crippen LogP contribution in [0.5, 0.6) is 0 Å². The minimum Gasteiger partial charge on any atom is -0.369 e. The topological polar surface area (TPSA) is 72.8 Å². The fraction of sp³-hybridized carbons (Fsp3) is 0.261. The largest absolute Gasteiger partial charge is 0.369 e. The highest BCUT2D eigenvalue weighted by Gasteiger charge is 2.08. The average Bonchev–Trinajstić information content (AvgIpc) is 2.70. The van der Waals surface area contributed by atoms with Crippen molar-refractivity contribution in [2.75, 3.05) is 23.7 Å². The summed E-state index contributed by atoms with van der Waals surface area (Å²) in [5.74, 6) is 0.630. The van der Waals surface area contributed by atoms with Crippen molar-refractivity contribution in [1.82, 2.24) is 10.3 Å². The molecule has 29 heavy (non-hydrogen) atoms. The first-order valence-corrected chi connectivity index (χ1v) is 10.0. The number of anilines is 2. The second kappa shape index (κ2) is 9.35. The molecule has 3 rings (SSSR count). The molecule has 0 aliphatic heterocycles. The van der Waals surface area contributed by atoms with Crippen molar-refractivity contribution in [2.24, 2.45) is 0 Å². The Hall–Kier alpha value is -3.17. The van der Waals surface area contributed by atoms with Crippen LogP contribution in [-0.2, 0) is 0 Å². The number of aromatic nitrogens is 1. The lowest BCUT2D eigenvalue weighted by atomic mass is 10.1. The molecule has 0 amide bonds. The number of nitrogens with one attached hydrogen (secondary N) is 3. The molecule has 148 valence electrons. The Morgan fingerprint density at radius 3 is 2.62 bits per heavy atom. The van der Waals surface area contributed by atoms with Gasteiger partial charge in [-0.2, -0.15) is 5.26 Å². The Kier molecular flexibility index (Phi) is 6.63. The minimum absolute atomic E-state index is 0.558. The molecule has 0 atom stereocenters. The van der Waals surface area contributed by atoms with Gasteiger partial charge in [-0.05, 0) is 74.3 Å². The lowest BCUT2D eigenvalue weighted by Crippen LogP contribution is -2.30. The molecule has 2 aromatic carbocycles. The van der Waals surface area contributed by atoms with E-state index in [9.17, 15) is 5.26 Å². The van der Waals surface area contributed by atoms with E-state index >= 15 is 0 Å². The summed E-state index contributed by atoms with van der Waals surface area (Å²) in [6.45, 7) is 7.61. The molecule has 5 nitrogen and oxygen atoms in total. The van der Waals surface area contributed by atoms with Crippen LogP contribution in [0, 0.1) is 32.1 Å². The van der Waals surface area contributed by atoms with E-state index in [-0.39, 0.29) is 0 Å². The van der Waals surface area contributed by atoms with Gasteiger partial charge in [0.15, 0.2) is 5.11 Å². The van der Waals surface area contributed by atoms with Gasteiger partial charge in [0.05, 0.1) is 11.1 Å². The van der Waals surface area contributed by atoms with E-state index in [0.29, 0.717) is 23.0 Å². The number of aryl methyl sites for hydroxylation is 3. The molecule has 0 aliphatic carbocycles. The van der Waals surface area contributed by atoms with E-state index in [0.717, 1.165) is 35.1 Å². The van der Waals surface area contributed by atoms with Crippen LogP contribution in [0.25, 0.3) is 10.9 Å². The van der Waals surface area contributed by atoms with Gasteiger partial charge in [0.2, 0.25) is 0 Å². The van der Waals surface area contributed by atoms with E-state index in [1.54, 1.807) is 0 Å². The second-order valence-corrected chi connectivity index (χ2v) is 7.51. The monoisotopic (exact) mass is 403 g/mol. The Bertz CT molecular complexity index is 1080. The molecule has 0 bridgehead atoms. The van der Waals surface area contributed by atoms with Gasteiger partial charge in [-0.25, -0.2) is 4.98 Å². The van der Waals surface area contributed by atoms with Gasteiger partial charge >= 0.3 is 0 Å². The average molecular weight is 404 g/mol. The zero-order valence-electron chi connectivity index (χ0n) is 17.0. The summed E-state index contributed by atoms with van der Waals surface area (Å²) < 4.78 is 0. The summed E-state index contributed by atoms with van der Waals surface area (Å²) in [4.78, 5) is 4.66. The second-order valence-electron chi connectivity index (χ2n) is 7.10. The van der Waals surface area contributed by atoms with E-state index in [1.807, 2.05) is 37.3 Å². The number of nitrogens with zero attached hydrogens (tertiary/aromatic N) is 2. The van der Waals surface area contributed by atoms with Crippen molar-refractivity contribution < 1.29 is 0 Å². The van der Waals surface area contributed by atoms with Gasteiger partial charge < -0.3 is 16.0 Å². The Balaban J connectivity index is 1.50. The zero-order valence-corrected chi connectivity index (χ0v) is 17.8. The third kappa shape index (κ3) is 5.21. The molecule has 1 aromatic heterocycles. The Labute approximate surface area is 177 Å². The minimum atomic E-state index is 0.558. The van der Waals surface area contributed by atoms with Crippen LogP contribution in [0.4, 0.5) is 11.5 Å². The van der Waals surface area contributed by atoms with Gasteiger partial charge in [-0.15, -0.1) is 0 Å². The molecule has 1 heterocycles. The molecular weight excluding hydrogens is 378 g/mol. The van der Waals surface area contributed by atoms with Crippen LogP contribution in [-0.4, -0.2) is 23.2 Å². The van der Waals surface area contributed by atoms with Gasteiger partial charge in [0.1, 0.15) is 11.9 Å². The molecule has 0 fully saturated rings. The first-order chi connectivity index (χ1) is 14.0. The van der Waals surface area contributed by atoms with Gasteiger partial charge in [0.25, 0.3) is 0 Å². The molecule has 0 radical (unpaired) electrons. The maximum absolute atomic E-state index is 9.43. The van der Waals surface area contributed by atoms with Crippen molar-refractivity contribution >= 4 is 39.7 Å². The number of thiocarbonyl (C=S) groups is 1. The fourth-order valence-electron chi connectivity index (χ4n) is 3.06. The highest BCUT2D eigenvalue weighted by Crippen LogP contribution is 2.22. The van der Waals surface area contributed by atoms with Crippen LogP contribution in [0.15, 0.2) is 42.5 Å². The maximum atomic E-state index is 9.43. The number of hydrogen-bond acceptors (Lipinski definition) is 4. The third-order valence-corrected chi connectivity index (χ3v) is 5.11. The standard InChI is InChI=1S/C23H25N5S/c1-15-8-9-20(12-17(15)3)27-23(29)26-11-5-10-25-22-19(14-24)13-18-7-4-6-16(2)21(18)28-22/h4,6-9,12-13H,5,10-11H2,1-3H3,(H,25,28)(H2,26,27,29). The van der Waals surface area contributed by atoms with Crippen molar-refractivity contribution in [3.8, 4) is 6.07 Å². The van der Waals surface area contributed by atoms with E-state index in [4.69, 9.17) is 12.2 Å². The predicted octanol–water partition coefficient (Wildman–Crippen LogP) is 4.82. The summed E-state index contributed by atoms with van der Waals surface area (Å²) >= 11 is 5.36. The Morgan fingerprint density at radius 1 is 1.03 bits per heavy atom. The summed E-state index contributed by atoms with van der Waals surface area (Å²) in [7, 11) is 0. The molecule has 3 aromatic rings. The normalized spacial score (nSPS) is 10.4. The molecule has 0 aliphatic rings. The lowest BCUT2D eigenvalue weighted by molar-refractivity contribution is 0.807. The van der Waals surface area contributed by atoms with Crippen LogP contribution in [0.3, 0.4) is 0 Å². The number of rotatable bonds is 6. The molecule has 0 spiro atoms. The predicted molar refractivity (Wildman–Crippen MR) is 124 cm³/mol. The first kappa shape index (κ1) is 20.6. The summed E-state index contributed by atoms with van der Waals surface area (Å²) in [6.07, 6.45) is 0.840. The first-order valence-electron chi connectivity index (χ1n) is 9.64. The number of para-hydroxylation sites is 1. The van der Waals surface area contributed by atoms with E-state index < -0.39 is 0 Å². The van der Waals surface area contributed by atoms with Crippen molar-refractivity contribution in [3.63, 3.8) is 0 Å². The molecule has 6 heteroatoms. The molecule has 0 saturated carbocycles. The molecule has 0 saturated heterocycles. The molecular formula is C23H25N5S. The molecule has 0 unspecified atom stereocenters. The van der Waals surface area contributed by atoms with Crippen molar-refractivity contribution in [3.05, 3.63) is 64.7 Å². The number of benzene rings is 2.